The van der Waals surface area contributed by atoms with Crippen LogP contribution < -0.4 is 4.74 Å². The predicted molar refractivity (Wildman–Crippen MR) is 96.6 cm³/mol. The first-order chi connectivity index (χ1) is 12.2. The number of hydrogen-bond donors (Lipinski definition) is 1. The quantitative estimate of drug-likeness (QED) is 0.859. The molecule has 2 aromatic rings. The van der Waals surface area contributed by atoms with Crippen LogP contribution in [0.4, 0.5) is 0 Å². The van der Waals surface area contributed by atoms with E-state index < -0.39 is 0 Å². The normalized spacial score (nSPS) is 14.6. The SMILES string of the molecule is COc1ccc(C#Cc2ccccc2C(=O)N2CCC(O)CC2)cc1. The van der Waals surface area contributed by atoms with Crippen LogP contribution in [0.1, 0.15) is 34.3 Å². The van der Waals surface area contributed by atoms with Gasteiger partial charge < -0.3 is 14.7 Å². The number of methoxy groups -OCH3 is 1. The van der Waals surface area contributed by atoms with Crippen molar-refractivity contribution in [2.75, 3.05) is 20.2 Å². The highest BCUT2D eigenvalue weighted by Gasteiger charge is 2.23. The van der Waals surface area contributed by atoms with E-state index in [-0.39, 0.29) is 12.0 Å². The van der Waals surface area contributed by atoms with Gasteiger partial charge in [-0.2, -0.15) is 0 Å². The minimum atomic E-state index is -0.297. The van der Waals surface area contributed by atoms with Crippen LogP contribution in [0.3, 0.4) is 0 Å². The zero-order chi connectivity index (χ0) is 17.6. The highest BCUT2D eigenvalue weighted by molar-refractivity contribution is 5.96. The van der Waals surface area contributed by atoms with Gasteiger partial charge in [0.1, 0.15) is 5.75 Å². The lowest BCUT2D eigenvalue weighted by molar-refractivity contribution is 0.0546. The lowest BCUT2D eigenvalue weighted by Gasteiger charge is -2.29. The second-order valence-corrected chi connectivity index (χ2v) is 6.05. The molecule has 1 heterocycles. The number of nitrogens with zero attached hydrogens (tertiary/aromatic N) is 1. The molecule has 4 heteroatoms. The van der Waals surface area contributed by atoms with Crippen LogP contribution in [0, 0.1) is 11.8 Å². The number of carbonyl (C=O) groups is 1. The van der Waals surface area contributed by atoms with E-state index in [0.29, 0.717) is 31.5 Å². The van der Waals surface area contributed by atoms with Crippen LogP contribution in [0.2, 0.25) is 0 Å². The lowest BCUT2D eigenvalue weighted by Crippen LogP contribution is -2.40. The molecule has 4 nitrogen and oxygen atoms in total. The molecule has 0 spiro atoms. The smallest absolute Gasteiger partial charge is 0.255 e. The maximum absolute atomic E-state index is 12.8. The summed E-state index contributed by atoms with van der Waals surface area (Å²) in [5, 5.41) is 9.61. The lowest BCUT2D eigenvalue weighted by atomic mass is 10.0. The zero-order valence-corrected chi connectivity index (χ0v) is 14.2. The van der Waals surface area contributed by atoms with E-state index in [1.54, 1.807) is 12.0 Å². The fourth-order valence-corrected chi connectivity index (χ4v) is 2.83. The third kappa shape index (κ3) is 4.20. The highest BCUT2D eigenvalue weighted by Crippen LogP contribution is 2.17. The molecule has 0 unspecified atom stereocenters. The van der Waals surface area contributed by atoms with Gasteiger partial charge in [-0.15, -0.1) is 0 Å². The van der Waals surface area contributed by atoms with Crippen LogP contribution in [0.5, 0.6) is 5.75 Å². The topological polar surface area (TPSA) is 49.8 Å². The Morgan fingerprint density at radius 3 is 2.44 bits per heavy atom. The third-order valence-corrected chi connectivity index (χ3v) is 4.34. The summed E-state index contributed by atoms with van der Waals surface area (Å²) in [6, 6.07) is 14.9. The number of piperidine rings is 1. The van der Waals surface area contributed by atoms with Crippen molar-refractivity contribution >= 4 is 5.91 Å². The van der Waals surface area contributed by atoms with Gasteiger partial charge in [-0.3, -0.25) is 4.79 Å². The molecule has 1 amide bonds. The summed E-state index contributed by atoms with van der Waals surface area (Å²) in [6.07, 6.45) is 0.964. The van der Waals surface area contributed by atoms with Gasteiger partial charge in [-0.25, -0.2) is 0 Å². The molecule has 1 aliphatic heterocycles. The average Bonchev–Trinajstić information content (AvgIpc) is 2.67. The number of rotatable bonds is 2. The van der Waals surface area contributed by atoms with Gasteiger partial charge >= 0.3 is 0 Å². The summed E-state index contributed by atoms with van der Waals surface area (Å²) in [5.74, 6) is 6.97. The first kappa shape index (κ1) is 17.1. The Labute approximate surface area is 148 Å². The number of ether oxygens (including phenoxy) is 1. The van der Waals surface area contributed by atoms with Gasteiger partial charge in [-0.05, 0) is 49.2 Å². The van der Waals surface area contributed by atoms with Crippen molar-refractivity contribution in [2.24, 2.45) is 0 Å². The molecule has 1 saturated heterocycles. The predicted octanol–water partition coefficient (Wildman–Crippen LogP) is 2.69. The zero-order valence-electron chi connectivity index (χ0n) is 14.2. The summed E-state index contributed by atoms with van der Waals surface area (Å²) in [6.45, 7) is 1.17. The first-order valence-corrected chi connectivity index (χ1v) is 8.40. The Hall–Kier alpha value is -2.77. The van der Waals surface area contributed by atoms with E-state index in [1.807, 2.05) is 48.5 Å². The van der Waals surface area contributed by atoms with Crippen molar-refractivity contribution in [3.05, 3.63) is 65.2 Å². The van der Waals surface area contributed by atoms with E-state index in [4.69, 9.17) is 4.74 Å². The van der Waals surface area contributed by atoms with E-state index in [2.05, 4.69) is 11.8 Å². The molecule has 0 aromatic heterocycles. The molecular weight excluding hydrogens is 314 g/mol. The summed E-state index contributed by atoms with van der Waals surface area (Å²) in [7, 11) is 1.63. The summed E-state index contributed by atoms with van der Waals surface area (Å²) < 4.78 is 5.14. The Kier molecular flexibility index (Phi) is 5.37. The molecule has 2 aromatic carbocycles. The Balaban J connectivity index is 1.81. The standard InChI is InChI=1S/C21H21NO3/c1-25-19-10-7-16(8-11-19)6-9-17-4-2-3-5-20(17)21(24)22-14-12-18(23)13-15-22/h2-5,7-8,10-11,18,23H,12-15H2,1H3. The summed E-state index contributed by atoms with van der Waals surface area (Å²) >= 11 is 0. The van der Waals surface area contributed by atoms with E-state index >= 15 is 0 Å². The molecule has 1 aliphatic rings. The number of benzene rings is 2. The maximum Gasteiger partial charge on any atom is 0.255 e. The van der Waals surface area contributed by atoms with Crippen molar-refractivity contribution < 1.29 is 14.6 Å². The number of aliphatic hydroxyl groups is 1. The highest BCUT2D eigenvalue weighted by atomic mass is 16.5. The van der Waals surface area contributed by atoms with Crippen LogP contribution in [-0.2, 0) is 0 Å². The van der Waals surface area contributed by atoms with Gasteiger partial charge in [0.25, 0.3) is 5.91 Å². The molecule has 0 aliphatic carbocycles. The average molecular weight is 335 g/mol. The molecular formula is C21H21NO3. The molecule has 0 bridgehead atoms. The molecule has 0 saturated carbocycles. The molecule has 0 atom stereocenters. The van der Waals surface area contributed by atoms with Crippen LogP contribution >= 0.6 is 0 Å². The van der Waals surface area contributed by atoms with Crippen molar-refractivity contribution in [2.45, 2.75) is 18.9 Å². The molecule has 1 N–H and O–H groups in total. The summed E-state index contributed by atoms with van der Waals surface area (Å²) in [5.41, 5.74) is 2.19. The molecule has 3 rings (SSSR count). The largest absolute Gasteiger partial charge is 0.497 e. The van der Waals surface area contributed by atoms with Gasteiger partial charge in [-0.1, -0.05) is 24.0 Å². The number of likely N-dealkylation sites (tertiary alicyclic amines) is 1. The molecule has 128 valence electrons. The van der Waals surface area contributed by atoms with Crippen LogP contribution in [-0.4, -0.2) is 42.2 Å². The molecule has 25 heavy (non-hydrogen) atoms. The fraction of sp³-hybridized carbons (Fsp3) is 0.286. The van der Waals surface area contributed by atoms with Gasteiger partial charge in [0.2, 0.25) is 0 Å². The van der Waals surface area contributed by atoms with Crippen molar-refractivity contribution in [3.63, 3.8) is 0 Å². The van der Waals surface area contributed by atoms with Gasteiger partial charge in [0.05, 0.1) is 18.8 Å². The van der Waals surface area contributed by atoms with Crippen molar-refractivity contribution in [1.82, 2.24) is 4.90 Å². The Bertz CT molecular complexity index is 794. The van der Waals surface area contributed by atoms with Crippen LogP contribution in [0.25, 0.3) is 0 Å². The van der Waals surface area contributed by atoms with Crippen LogP contribution in [0.15, 0.2) is 48.5 Å². The first-order valence-electron chi connectivity index (χ1n) is 8.40. The Morgan fingerprint density at radius 2 is 1.76 bits per heavy atom. The summed E-state index contributed by atoms with van der Waals surface area (Å²) in [4.78, 5) is 14.6. The second kappa shape index (κ2) is 7.87. The second-order valence-electron chi connectivity index (χ2n) is 6.05. The molecule has 0 radical (unpaired) electrons. The minimum absolute atomic E-state index is 0.0217. The van der Waals surface area contributed by atoms with Gasteiger partial charge in [0.15, 0.2) is 0 Å². The van der Waals surface area contributed by atoms with Crippen molar-refractivity contribution in [1.29, 1.82) is 0 Å². The maximum atomic E-state index is 12.8. The van der Waals surface area contributed by atoms with Gasteiger partial charge in [0, 0.05) is 24.2 Å². The minimum Gasteiger partial charge on any atom is -0.497 e. The number of hydrogen-bond acceptors (Lipinski definition) is 3. The molecule has 1 fully saturated rings. The number of aliphatic hydroxyl groups excluding tert-OH is 1. The van der Waals surface area contributed by atoms with E-state index in [0.717, 1.165) is 16.9 Å². The number of amides is 1. The Morgan fingerprint density at radius 1 is 1.08 bits per heavy atom. The van der Waals surface area contributed by atoms with E-state index in [9.17, 15) is 9.90 Å². The monoisotopic (exact) mass is 335 g/mol. The number of carbonyl (C=O) groups excluding carboxylic acids is 1. The third-order valence-electron chi connectivity index (χ3n) is 4.34. The van der Waals surface area contributed by atoms with E-state index in [1.165, 1.54) is 0 Å². The van der Waals surface area contributed by atoms with Crippen molar-refractivity contribution in [3.8, 4) is 17.6 Å². The fourth-order valence-electron chi connectivity index (χ4n) is 2.83.